The Morgan fingerprint density at radius 2 is 1.95 bits per heavy atom. The van der Waals surface area contributed by atoms with E-state index >= 15 is 0 Å². The molecule has 0 radical (unpaired) electrons. The van der Waals surface area contributed by atoms with Gasteiger partial charge in [-0.15, -0.1) is 0 Å². The van der Waals surface area contributed by atoms with Gasteiger partial charge in [0.1, 0.15) is 16.0 Å². The Bertz CT molecular complexity index is 662. The lowest BCUT2D eigenvalue weighted by Crippen LogP contribution is -2.00. The summed E-state index contributed by atoms with van der Waals surface area (Å²) in [5.74, 6) is 0.926. The van der Waals surface area contributed by atoms with Crippen LogP contribution in [0.4, 0.5) is 5.69 Å². The smallest absolute Gasteiger partial charge is 0.287 e. The molecule has 20 heavy (non-hydrogen) atoms. The number of hydrogen-bond donors (Lipinski definition) is 1. The van der Waals surface area contributed by atoms with Gasteiger partial charge in [0.2, 0.25) is 0 Å². The molecule has 0 saturated carbocycles. The van der Waals surface area contributed by atoms with Crippen molar-refractivity contribution in [1.29, 1.82) is 0 Å². The Hall–Kier alpha value is -1.44. The Labute approximate surface area is 132 Å². The molecule has 0 unspecified atom stereocenters. The fourth-order valence-corrected chi connectivity index (χ4v) is 2.46. The van der Waals surface area contributed by atoms with Gasteiger partial charge in [-0.25, -0.2) is 0 Å². The van der Waals surface area contributed by atoms with Gasteiger partial charge >= 0.3 is 0 Å². The van der Waals surface area contributed by atoms with Crippen LogP contribution in [0.15, 0.2) is 45.3 Å². The van der Waals surface area contributed by atoms with Crippen molar-refractivity contribution in [3.05, 3.63) is 61.0 Å². The van der Waals surface area contributed by atoms with Gasteiger partial charge in [0.15, 0.2) is 0 Å². The zero-order valence-electron chi connectivity index (χ0n) is 10.2. The molecule has 0 aliphatic heterocycles. The molecule has 0 aliphatic rings. The van der Waals surface area contributed by atoms with E-state index in [0.29, 0.717) is 22.5 Å². The van der Waals surface area contributed by atoms with E-state index in [-0.39, 0.29) is 5.69 Å². The van der Waals surface area contributed by atoms with Gasteiger partial charge in [-0.3, -0.25) is 10.1 Å². The lowest BCUT2D eigenvalue weighted by Gasteiger charge is -2.11. The van der Waals surface area contributed by atoms with Crippen molar-refractivity contribution in [3.63, 3.8) is 0 Å². The highest BCUT2D eigenvalue weighted by atomic mass is 79.9. The van der Waals surface area contributed by atoms with Gasteiger partial charge in [-0.05, 0) is 34.1 Å². The highest BCUT2D eigenvalue weighted by Gasteiger charge is 2.17. The predicted molar refractivity (Wildman–Crippen MR) is 82.9 cm³/mol. The van der Waals surface area contributed by atoms with E-state index in [0.717, 1.165) is 10.0 Å². The van der Waals surface area contributed by atoms with E-state index < -0.39 is 4.92 Å². The number of nitrogens with zero attached hydrogens (tertiary/aromatic N) is 1. The van der Waals surface area contributed by atoms with E-state index in [9.17, 15) is 10.1 Å². The number of nitrogens with two attached hydrogens (primary N) is 1. The van der Waals surface area contributed by atoms with Crippen molar-refractivity contribution in [2.45, 2.75) is 6.54 Å². The summed E-state index contributed by atoms with van der Waals surface area (Å²) in [5.41, 5.74) is 6.42. The largest absolute Gasteiger partial charge is 0.456 e. The first-order valence-corrected chi connectivity index (χ1v) is 7.20. The van der Waals surface area contributed by atoms with E-state index in [2.05, 4.69) is 31.9 Å². The Morgan fingerprint density at radius 3 is 2.60 bits per heavy atom. The second-order valence-electron chi connectivity index (χ2n) is 3.90. The Kier molecular flexibility index (Phi) is 4.74. The van der Waals surface area contributed by atoms with Gasteiger partial charge in [-0.1, -0.05) is 28.1 Å². The minimum Gasteiger partial charge on any atom is -0.456 e. The van der Waals surface area contributed by atoms with Crippen LogP contribution >= 0.6 is 31.9 Å². The third-order valence-electron chi connectivity index (χ3n) is 2.61. The molecule has 0 saturated heterocycles. The van der Waals surface area contributed by atoms with Crippen LogP contribution in [0.5, 0.6) is 11.5 Å². The molecular formula is C13H10Br2N2O3. The molecule has 0 fully saturated rings. The van der Waals surface area contributed by atoms with Crippen molar-refractivity contribution in [1.82, 2.24) is 0 Å². The highest BCUT2D eigenvalue weighted by Crippen LogP contribution is 2.37. The zero-order chi connectivity index (χ0) is 14.7. The lowest BCUT2D eigenvalue weighted by atomic mass is 10.2. The van der Waals surface area contributed by atoms with E-state index in [1.54, 1.807) is 18.2 Å². The van der Waals surface area contributed by atoms with Crippen molar-refractivity contribution in [2.75, 3.05) is 0 Å². The number of nitro benzene ring substituents is 1. The molecule has 0 heterocycles. The molecule has 7 heteroatoms. The molecule has 0 aliphatic carbocycles. The van der Waals surface area contributed by atoms with E-state index in [1.165, 1.54) is 6.07 Å². The molecule has 2 aromatic carbocycles. The predicted octanol–water partition coefficient (Wildman–Crippen LogP) is 4.37. The number of halogens is 2. The first kappa shape index (κ1) is 15.0. The van der Waals surface area contributed by atoms with Crippen LogP contribution < -0.4 is 10.5 Å². The number of rotatable bonds is 4. The van der Waals surface area contributed by atoms with Gasteiger partial charge in [0, 0.05) is 22.6 Å². The Balaban J connectivity index is 2.42. The topological polar surface area (TPSA) is 78.4 Å². The molecule has 2 N–H and O–H groups in total. The van der Waals surface area contributed by atoms with E-state index in [1.807, 2.05) is 12.1 Å². The average molecular weight is 402 g/mol. The van der Waals surface area contributed by atoms with Crippen molar-refractivity contribution < 1.29 is 9.66 Å². The molecule has 5 nitrogen and oxygen atoms in total. The minimum atomic E-state index is -0.471. The summed E-state index contributed by atoms with van der Waals surface area (Å²) < 4.78 is 6.88. The van der Waals surface area contributed by atoms with Gasteiger partial charge in [0.25, 0.3) is 5.69 Å². The second-order valence-corrected chi connectivity index (χ2v) is 5.61. The van der Waals surface area contributed by atoms with Crippen LogP contribution in [-0.4, -0.2) is 4.92 Å². The number of hydrogen-bond acceptors (Lipinski definition) is 4. The first-order valence-electron chi connectivity index (χ1n) is 5.62. The quantitative estimate of drug-likeness (QED) is 0.609. The monoisotopic (exact) mass is 400 g/mol. The van der Waals surface area contributed by atoms with Crippen LogP contribution in [0.25, 0.3) is 0 Å². The van der Waals surface area contributed by atoms with Crippen molar-refractivity contribution >= 4 is 37.5 Å². The molecule has 2 rings (SSSR count). The lowest BCUT2D eigenvalue weighted by molar-refractivity contribution is -0.385. The summed E-state index contributed by atoms with van der Waals surface area (Å²) in [4.78, 5) is 10.4. The Morgan fingerprint density at radius 1 is 1.20 bits per heavy atom. The van der Waals surface area contributed by atoms with Gasteiger partial charge in [-0.2, -0.15) is 0 Å². The van der Waals surface area contributed by atoms with Crippen LogP contribution in [-0.2, 0) is 6.54 Å². The fraction of sp³-hybridized carbons (Fsp3) is 0.0769. The average Bonchev–Trinajstić information content (AvgIpc) is 2.41. The third-order valence-corrected chi connectivity index (χ3v) is 3.90. The first-order chi connectivity index (χ1) is 9.52. The van der Waals surface area contributed by atoms with E-state index in [4.69, 9.17) is 10.5 Å². The molecule has 0 bridgehead atoms. The normalized spacial score (nSPS) is 10.3. The molecule has 104 valence electrons. The highest BCUT2D eigenvalue weighted by molar-refractivity contribution is 9.11. The van der Waals surface area contributed by atoms with Crippen LogP contribution in [0.3, 0.4) is 0 Å². The van der Waals surface area contributed by atoms with Crippen molar-refractivity contribution in [2.24, 2.45) is 5.73 Å². The van der Waals surface area contributed by atoms with Crippen molar-refractivity contribution in [3.8, 4) is 11.5 Å². The number of nitro groups is 1. The maximum Gasteiger partial charge on any atom is 0.287 e. The molecule has 0 aromatic heterocycles. The van der Waals surface area contributed by atoms with Crippen LogP contribution in [0, 0.1) is 10.1 Å². The van der Waals surface area contributed by atoms with Gasteiger partial charge < -0.3 is 10.5 Å². The molecule has 0 atom stereocenters. The van der Waals surface area contributed by atoms with Crippen LogP contribution in [0.2, 0.25) is 0 Å². The standard InChI is InChI=1S/C13H10Br2N2O3/c14-9-5-4-8(7-16)12(6-9)20-11-3-1-2-10(13(11)15)17(18)19/h1-6H,7,16H2. The SMILES string of the molecule is NCc1ccc(Br)cc1Oc1cccc([N+](=O)[O-])c1Br. The molecule has 2 aromatic rings. The third kappa shape index (κ3) is 3.17. The number of benzene rings is 2. The maximum absolute atomic E-state index is 10.9. The number of ether oxygens (including phenoxy) is 1. The second kappa shape index (κ2) is 6.34. The minimum absolute atomic E-state index is 0.0493. The molecular weight excluding hydrogens is 392 g/mol. The zero-order valence-corrected chi connectivity index (χ0v) is 13.3. The summed E-state index contributed by atoms with van der Waals surface area (Å²) in [7, 11) is 0. The maximum atomic E-state index is 10.9. The fourth-order valence-electron chi connectivity index (χ4n) is 1.63. The summed E-state index contributed by atoms with van der Waals surface area (Å²) in [5, 5.41) is 10.9. The van der Waals surface area contributed by atoms with Gasteiger partial charge in [0.05, 0.1) is 4.92 Å². The van der Waals surface area contributed by atoms with Crippen LogP contribution in [0.1, 0.15) is 5.56 Å². The summed E-state index contributed by atoms with van der Waals surface area (Å²) in [6.45, 7) is 0.315. The molecule has 0 amide bonds. The summed E-state index contributed by atoms with van der Waals surface area (Å²) in [6.07, 6.45) is 0. The summed E-state index contributed by atoms with van der Waals surface area (Å²) >= 11 is 6.55. The summed E-state index contributed by atoms with van der Waals surface area (Å²) in [6, 6.07) is 10.1. The molecule has 0 spiro atoms.